The summed E-state index contributed by atoms with van der Waals surface area (Å²) in [7, 11) is 3.85. The molecule has 0 saturated heterocycles. The van der Waals surface area contributed by atoms with Gasteiger partial charge >= 0.3 is 0 Å². The first-order valence-electron chi connectivity index (χ1n) is 6.51. The van der Waals surface area contributed by atoms with E-state index < -0.39 is 5.60 Å². The third-order valence-electron chi connectivity index (χ3n) is 2.91. The Balaban J connectivity index is 2.21. The highest BCUT2D eigenvalue weighted by molar-refractivity contribution is 5.89. The van der Waals surface area contributed by atoms with Crippen LogP contribution in [0.1, 0.15) is 6.92 Å². The maximum absolute atomic E-state index is 10.3. The van der Waals surface area contributed by atoms with Crippen molar-refractivity contribution in [1.29, 1.82) is 0 Å². The Labute approximate surface area is 118 Å². The van der Waals surface area contributed by atoms with E-state index in [-0.39, 0.29) is 5.95 Å². The molecule has 0 amide bonds. The molecule has 1 aromatic carbocycles. The molecule has 2 rings (SSSR count). The lowest BCUT2D eigenvalue weighted by atomic mass is 10.1. The van der Waals surface area contributed by atoms with E-state index >= 15 is 0 Å². The van der Waals surface area contributed by atoms with Crippen LogP contribution in [0.4, 0.5) is 11.8 Å². The predicted octanol–water partition coefficient (Wildman–Crippen LogP) is 0.936. The van der Waals surface area contributed by atoms with E-state index in [1.54, 1.807) is 6.92 Å². The second-order valence-corrected chi connectivity index (χ2v) is 5.54. The number of aromatic nitrogens is 2. The molecule has 6 nitrogen and oxygen atoms in total. The van der Waals surface area contributed by atoms with Crippen molar-refractivity contribution in [2.75, 3.05) is 38.2 Å². The average molecular weight is 275 g/mol. The number of anilines is 2. The molecule has 1 atom stereocenters. The van der Waals surface area contributed by atoms with Gasteiger partial charge in [-0.1, -0.05) is 12.1 Å². The van der Waals surface area contributed by atoms with Crippen LogP contribution in [0.25, 0.3) is 10.9 Å². The van der Waals surface area contributed by atoms with Gasteiger partial charge in [0, 0.05) is 18.5 Å². The lowest BCUT2D eigenvalue weighted by molar-refractivity contribution is 0.0459. The number of hydrogen-bond donors (Lipinski definition) is 3. The predicted molar refractivity (Wildman–Crippen MR) is 81.6 cm³/mol. The fraction of sp³-hybridized carbons (Fsp3) is 0.429. The van der Waals surface area contributed by atoms with Gasteiger partial charge in [0.05, 0.1) is 11.1 Å². The van der Waals surface area contributed by atoms with Crippen LogP contribution in [-0.4, -0.2) is 52.8 Å². The summed E-state index contributed by atoms with van der Waals surface area (Å²) in [4.78, 5) is 10.3. The average Bonchev–Trinajstić information content (AvgIpc) is 2.34. The minimum absolute atomic E-state index is 0.221. The van der Waals surface area contributed by atoms with Gasteiger partial charge in [0.15, 0.2) is 0 Å². The molecule has 1 heterocycles. The molecular weight excluding hydrogens is 254 g/mol. The van der Waals surface area contributed by atoms with Gasteiger partial charge in [-0.2, -0.15) is 4.98 Å². The highest BCUT2D eigenvalue weighted by Gasteiger charge is 2.21. The lowest BCUT2D eigenvalue weighted by Crippen LogP contribution is -2.43. The fourth-order valence-corrected chi connectivity index (χ4v) is 2.24. The molecule has 0 radical (unpaired) electrons. The third-order valence-corrected chi connectivity index (χ3v) is 2.91. The molecule has 4 N–H and O–H groups in total. The zero-order chi connectivity index (χ0) is 14.8. The van der Waals surface area contributed by atoms with Crippen LogP contribution >= 0.6 is 0 Å². The molecule has 20 heavy (non-hydrogen) atoms. The van der Waals surface area contributed by atoms with Crippen molar-refractivity contribution in [3.8, 4) is 0 Å². The summed E-state index contributed by atoms with van der Waals surface area (Å²) < 4.78 is 0. The minimum atomic E-state index is -0.857. The van der Waals surface area contributed by atoms with Crippen LogP contribution in [0.2, 0.25) is 0 Å². The Kier molecular flexibility index (Phi) is 4.06. The number of benzene rings is 1. The fourth-order valence-electron chi connectivity index (χ4n) is 2.24. The smallest absolute Gasteiger partial charge is 0.222 e. The molecule has 0 saturated carbocycles. The van der Waals surface area contributed by atoms with Crippen molar-refractivity contribution in [2.24, 2.45) is 0 Å². The summed E-state index contributed by atoms with van der Waals surface area (Å²) in [5.74, 6) is 0.866. The molecule has 0 aliphatic rings. The number of rotatable bonds is 5. The standard InChI is InChI=1S/C14H21N5O/c1-14(20,9-19(2)3)8-16-12-10-6-4-5-7-11(10)17-13(15)18-12/h4-7,20H,8-9H2,1-3H3,(H3,15,16,17,18). The third kappa shape index (κ3) is 3.55. The Hall–Kier alpha value is -1.92. The van der Waals surface area contributed by atoms with Gasteiger partial charge in [-0.3, -0.25) is 0 Å². The van der Waals surface area contributed by atoms with E-state index in [0.29, 0.717) is 18.9 Å². The molecular formula is C14H21N5O. The number of hydrogen-bond acceptors (Lipinski definition) is 6. The van der Waals surface area contributed by atoms with Crippen molar-refractivity contribution >= 4 is 22.7 Å². The van der Waals surface area contributed by atoms with Crippen LogP contribution in [0, 0.1) is 0 Å². The molecule has 1 aromatic heterocycles. The number of nitrogens with two attached hydrogens (primary N) is 1. The van der Waals surface area contributed by atoms with Gasteiger partial charge in [0.1, 0.15) is 5.82 Å². The van der Waals surface area contributed by atoms with Gasteiger partial charge in [-0.15, -0.1) is 0 Å². The van der Waals surface area contributed by atoms with E-state index in [2.05, 4.69) is 15.3 Å². The van der Waals surface area contributed by atoms with Crippen LogP contribution in [0.3, 0.4) is 0 Å². The lowest BCUT2D eigenvalue weighted by Gasteiger charge is -2.27. The Morgan fingerprint density at radius 1 is 1.30 bits per heavy atom. The molecule has 0 fully saturated rings. The Morgan fingerprint density at radius 2 is 2.00 bits per heavy atom. The van der Waals surface area contributed by atoms with Crippen molar-refractivity contribution in [3.05, 3.63) is 24.3 Å². The first kappa shape index (κ1) is 14.5. The van der Waals surface area contributed by atoms with E-state index in [1.165, 1.54) is 0 Å². The van der Waals surface area contributed by atoms with Crippen molar-refractivity contribution in [2.45, 2.75) is 12.5 Å². The van der Waals surface area contributed by atoms with E-state index in [4.69, 9.17) is 5.73 Å². The number of nitrogens with zero attached hydrogens (tertiary/aromatic N) is 3. The molecule has 2 aromatic rings. The van der Waals surface area contributed by atoms with Crippen LogP contribution < -0.4 is 11.1 Å². The normalized spacial score (nSPS) is 14.4. The number of fused-ring (bicyclic) bond motifs is 1. The molecule has 0 spiro atoms. The summed E-state index contributed by atoms with van der Waals surface area (Å²) in [6.45, 7) is 2.72. The molecule has 1 unspecified atom stereocenters. The van der Waals surface area contributed by atoms with Gasteiger partial charge in [-0.25, -0.2) is 4.98 Å². The number of nitrogens with one attached hydrogen (secondary N) is 1. The SMILES string of the molecule is CN(C)CC(C)(O)CNc1nc(N)nc2ccccc12. The molecule has 108 valence electrons. The Morgan fingerprint density at radius 3 is 2.70 bits per heavy atom. The monoisotopic (exact) mass is 275 g/mol. The quantitative estimate of drug-likeness (QED) is 0.752. The Bertz CT molecular complexity index is 597. The minimum Gasteiger partial charge on any atom is -0.387 e. The summed E-state index contributed by atoms with van der Waals surface area (Å²) in [6, 6.07) is 7.64. The molecule has 0 aliphatic carbocycles. The van der Waals surface area contributed by atoms with E-state index in [1.807, 2.05) is 43.3 Å². The van der Waals surface area contributed by atoms with Crippen molar-refractivity contribution in [1.82, 2.24) is 14.9 Å². The maximum atomic E-state index is 10.3. The summed E-state index contributed by atoms with van der Waals surface area (Å²) in [5, 5.41) is 14.4. The highest BCUT2D eigenvalue weighted by Crippen LogP contribution is 2.21. The second kappa shape index (κ2) is 5.60. The largest absolute Gasteiger partial charge is 0.387 e. The maximum Gasteiger partial charge on any atom is 0.222 e. The molecule has 0 bridgehead atoms. The van der Waals surface area contributed by atoms with E-state index in [9.17, 15) is 5.11 Å². The zero-order valence-electron chi connectivity index (χ0n) is 12.1. The molecule has 0 aliphatic heterocycles. The van der Waals surface area contributed by atoms with Crippen LogP contribution in [0.15, 0.2) is 24.3 Å². The first-order valence-corrected chi connectivity index (χ1v) is 6.51. The number of nitrogen functional groups attached to an aromatic ring is 1. The van der Waals surface area contributed by atoms with Crippen LogP contribution in [-0.2, 0) is 0 Å². The van der Waals surface area contributed by atoms with Crippen molar-refractivity contribution in [3.63, 3.8) is 0 Å². The summed E-state index contributed by atoms with van der Waals surface area (Å²) in [6.07, 6.45) is 0. The highest BCUT2D eigenvalue weighted by atomic mass is 16.3. The van der Waals surface area contributed by atoms with Gasteiger partial charge in [-0.05, 0) is 33.2 Å². The number of para-hydroxylation sites is 1. The van der Waals surface area contributed by atoms with Gasteiger partial charge in [0.2, 0.25) is 5.95 Å². The van der Waals surface area contributed by atoms with Crippen molar-refractivity contribution < 1.29 is 5.11 Å². The number of likely N-dealkylation sites (N-methyl/N-ethyl adjacent to an activating group) is 1. The van der Waals surface area contributed by atoms with Crippen LogP contribution in [0.5, 0.6) is 0 Å². The number of aliphatic hydroxyl groups is 1. The topological polar surface area (TPSA) is 87.3 Å². The molecule has 6 heteroatoms. The zero-order valence-corrected chi connectivity index (χ0v) is 12.1. The summed E-state index contributed by atoms with van der Waals surface area (Å²) in [5.41, 5.74) is 5.64. The summed E-state index contributed by atoms with van der Waals surface area (Å²) >= 11 is 0. The van der Waals surface area contributed by atoms with Gasteiger partial charge < -0.3 is 21.1 Å². The second-order valence-electron chi connectivity index (χ2n) is 5.54. The first-order chi connectivity index (χ1) is 9.37. The van der Waals surface area contributed by atoms with E-state index in [0.717, 1.165) is 10.9 Å². The van der Waals surface area contributed by atoms with Gasteiger partial charge in [0.25, 0.3) is 0 Å².